The Morgan fingerprint density at radius 2 is 1.87 bits per heavy atom. The summed E-state index contributed by atoms with van der Waals surface area (Å²) in [6.07, 6.45) is 1.96. The van der Waals surface area contributed by atoms with Gasteiger partial charge in [0.05, 0.1) is 13.6 Å². The lowest BCUT2D eigenvalue weighted by Gasteiger charge is -2.10. The summed E-state index contributed by atoms with van der Waals surface area (Å²) in [6, 6.07) is 4.35. The van der Waals surface area contributed by atoms with E-state index in [2.05, 4.69) is 69.2 Å². The maximum absolute atomic E-state index is 4.56. The molecule has 0 aliphatic rings. The van der Waals surface area contributed by atoms with Gasteiger partial charge in [0, 0.05) is 36.3 Å². The molecule has 0 aliphatic carbocycles. The Hall–Kier alpha value is 0.0600. The Labute approximate surface area is 176 Å². The minimum absolute atomic E-state index is 0. The Morgan fingerprint density at radius 1 is 1.17 bits per heavy atom. The van der Waals surface area contributed by atoms with Crippen molar-refractivity contribution >= 4 is 75.2 Å². The van der Waals surface area contributed by atoms with Gasteiger partial charge in [-0.05, 0) is 55.0 Å². The molecule has 0 radical (unpaired) electrons. The van der Waals surface area contributed by atoms with Gasteiger partial charge in [0.2, 0.25) is 0 Å². The van der Waals surface area contributed by atoms with Crippen LogP contribution in [0.25, 0.3) is 0 Å². The Kier molecular flexibility index (Phi) is 9.94. The van der Waals surface area contributed by atoms with Gasteiger partial charge in [-0.2, -0.15) is 0 Å². The Morgan fingerprint density at radius 3 is 2.39 bits per heavy atom. The molecule has 0 fully saturated rings. The predicted octanol–water partition coefficient (Wildman–Crippen LogP) is 3.99. The Bertz CT molecular complexity index is 618. The normalized spacial score (nSPS) is 11.2. The van der Waals surface area contributed by atoms with E-state index in [9.17, 15) is 0 Å². The van der Waals surface area contributed by atoms with Crippen LogP contribution in [0.2, 0.25) is 0 Å². The fourth-order valence-electron chi connectivity index (χ4n) is 1.94. The van der Waals surface area contributed by atoms with Gasteiger partial charge >= 0.3 is 0 Å². The number of aliphatic imine (C=N–C) groups is 1. The monoisotopic (exact) mass is 576 g/mol. The molecule has 0 amide bonds. The fraction of sp³-hybridized carbons (Fsp3) is 0.467. The smallest absolute Gasteiger partial charge is 0.191 e. The van der Waals surface area contributed by atoms with Crippen LogP contribution in [0.15, 0.2) is 17.1 Å². The molecule has 23 heavy (non-hydrogen) atoms. The first kappa shape index (κ1) is 21.1. The van der Waals surface area contributed by atoms with Crippen LogP contribution >= 0.6 is 69.2 Å². The molecule has 0 unspecified atom stereocenters. The van der Waals surface area contributed by atoms with Crippen molar-refractivity contribution in [1.82, 2.24) is 15.6 Å². The lowest BCUT2D eigenvalue weighted by molar-refractivity contribution is 0.784. The number of nitrogens with zero attached hydrogens (tertiary/aromatic N) is 2. The third kappa shape index (κ3) is 7.22. The number of rotatable bonds is 6. The maximum Gasteiger partial charge on any atom is 0.191 e. The van der Waals surface area contributed by atoms with E-state index in [0.29, 0.717) is 0 Å². The van der Waals surface area contributed by atoms with Gasteiger partial charge in [0.15, 0.2) is 5.96 Å². The van der Waals surface area contributed by atoms with Gasteiger partial charge in [0.25, 0.3) is 0 Å². The molecular formula is C15H22I2N4S2. The Balaban J connectivity index is 0.00000264. The zero-order valence-corrected chi connectivity index (χ0v) is 19.6. The van der Waals surface area contributed by atoms with Gasteiger partial charge in [-0.15, -0.1) is 46.7 Å². The number of thiophene rings is 1. The molecule has 0 atom stereocenters. The number of aromatic nitrogens is 1. The number of nitrogens with one attached hydrogen (secondary N) is 2. The lowest BCUT2D eigenvalue weighted by Crippen LogP contribution is -2.39. The molecule has 2 aromatic heterocycles. The second kappa shape index (κ2) is 10.8. The highest BCUT2D eigenvalue weighted by Gasteiger charge is 2.04. The van der Waals surface area contributed by atoms with Crippen molar-refractivity contribution in [3.05, 3.63) is 35.5 Å². The van der Waals surface area contributed by atoms with Crippen molar-refractivity contribution in [3.8, 4) is 0 Å². The van der Waals surface area contributed by atoms with Gasteiger partial charge in [0.1, 0.15) is 0 Å². The first-order chi connectivity index (χ1) is 10.6. The van der Waals surface area contributed by atoms with Crippen LogP contribution in [0.5, 0.6) is 0 Å². The van der Waals surface area contributed by atoms with Gasteiger partial charge < -0.3 is 10.6 Å². The summed E-state index contributed by atoms with van der Waals surface area (Å²) in [5.41, 5.74) is 1.15. The molecule has 2 N–H and O–H groups in total. The minimum atomic E-state index is 0. The van der Waals surface area contributed by atoms with Crippen molar-refractivity contribution in [2.75, 3.05) is 20.1 Å². The van der Waals surface area contributed by atoms with E-state index >= 15 is 0 Å². The van der Waals surface area contributed by atoms with E-state index in [4.69, 9.17) is 0 Å². The number of guanidine groups is 1. The van der Waals surface area contributed by atoms with Gasteiger partial charge in [-0.3, -0.25) is 4.99 Å². The van der Waals surface area contributed by atoms with E-state index in [0.717, 1.165) is 37.6 Å². The second-order valence-corrected chi connectivity index (χ2v) is 9.23. The van der Waals surface area contributed by atoms with Crippen LogP contribution < -0.4 is 10.6 Å². The molecule has 4 nitrogen and oxygen atoms in total. The molecule has 0 bridgehead atoms. The highest BCUT2D eigenvalue weighted by atomic mass is 127. The molecule has 2 rings (SSSR count). The van der Waals surface area contributed by atoms with Gasteiger partial charge in [-0.1, -0.05) is 0 Å². The van der Waals surface area contributed by atoms with Crippen LogP contribution in [0.3, 0.4) is 0 Å². The first-order valence-corrected chi connectivity index (χ1v) is 9.91. The minimum Gasteiger partial charge on any atom is -0.356 e. The maximum atomic E-state index is 4.56. The van der Waals surface area contributed by atoms with Crippen molar-refractivity contribution in [2.45, 2.75) is 26.7 Å². The third-order valence-corrected chi connectivity index (χ3v) is 6.31. The summed E-state index contributed by atoms with van der Waals surface area (Å²) >= 11 is 5.98. The van der Waals surface area contributed by atoms with Crippen molar-refractivity contribution in [3.63, 3.8) is 0 Å². The fourth-order valence-corrected chi connectivity index (χ4v) is 4.63. The summed E-state index contributed by atoms with van der Waals surface area (Å²) < 4.78 is 1.34. The number of hydrogen-bond donors (Lipinski definition) is 2. The summed E-state index contributed by atoms with van der Waals surface area (Å²) in [6.45, 7) is 5.93. The largest absolute Gasteiger partial charge is 0.356 e. The van der Waals surface area contributed by atoms with Crippen LogP contribution in [-0.4, -0.2) is 31.1 Å². The zero-order chi connectivity index (χ0) is 15.9. The molecule has 0 spiro atoms. The standard InChI is InChI=1S/C15H21IN4S2.HI/c1-10-11(2)21-14(20-10)7-9-19-15(17-3)18-8-6-12-4-5-13(16)22-12;/h4-5H,6-9H2,1-3H3,(H2,17,18,19);1H. The molecule has 0 saturated heterocycles. The second-order valence-electron chi connectivity index (χ2n) is 4.88. The molecule has 0 aliphatic heterocycles. The van der Waals surface area contributed by atoms with E-state index in [1.807, 2.05) is 11.3 Å². The van der Waals surface area contributed by atoms with E-state index < -0.39 is 0 Å². The topological polar surface area (TPSA) is 49.3 Å². The summed E-state index contributed by atoms with van der Waals surface area (Å²) in [7, 11) is 1.81. The van der Waals surface area contributed by atoms with Crippen molar-refractivity contribution in [2.24, 2.45) is 4.99 Å². The van der Waals surface area contributed by atoms with Crippen LogP contribution in [0.1, 0.15) is 20.5 Å². The molecule has 128 valence electrons. The molecule has 8 heteroatoms. The van der Waals surface area contributed by atoms with E-state index in [1.54, 1.807) is 18.4 Å². The van der Waals surface area contributed by atoms with Crippen LogP contribution in [0, 0.1) is 16.7 Å². The summed E-state index contributed by atoms with van der Waals surface area (Å²) in [5, 5.41) is 7.89. The number of aryl methyl sites for hydroxylation is 2. The predicted molar refractivity (Wildman–Crippen MR) is 121 cm³/mol. The van der Waals surface area contributed by atoms with Crippen LogP contribution in [0.4, 0.5) is 0 Å². The highest BCUT2D eigenvalue weighted by molar-refractivity contribution is 14.1. The molecule has 0 saturated carbocycles. The first-order valence-electron chi connectivity index (χ1n) is 7.20. The highest BCUT2D eigenvalue weighted by Crippen LogP contribution is 2.18. The van der Waals surface area contributed by atoms with Gasteiger partial charge in [-0.25, -0.2) is 4.98 Å². The SMILES string of the molecule is CN=C(NCCc1ccc(I)s1)NCCc1nc(C)c(C)s1.I. The molecule has 0 aromatic carbocycles. The van der Waals surface area contributed by atoms with Crippen LogP contribution in [-0.2, 0) is 12.8 Å². The number of halogens is 2. The summed E-state index contributed by atoms with van der Waals surface area (Å²) in [4.78, 5) is 11.5. The zero-order valence-electron chi connectivity index (χ0n) is 13.5. The molecular weight excluding hydrogens is 554 g/mol. The quantitative estimate of drug-likeness (QED) is 0.311. The number of hydrogen-bond acceptors (Lipinski definition) is 4. The number of thiazole rings is 1. The van der Waals surface area contributed by atoms with Crippen molar-refractivity contribution in [1.29, 1.82) is 0 Å². The average molecular weight is 576 g/mol. The molecule has 2 aromatic rings. The molecule has 2 heterocycles. The van der Waals surface area contributed by atoms with E-state index in [-0.39, 0.29) is 24.0 Å². The van der Waals surface area contributed by atoms with Crippen molar-refractivity contribution < 1.29 is 0 Å². The average Bonchev–Trinajstić information content (AvgIpc) is 3.03. The third-order valence-electron chi connectivity index (χ3n) is 3.22. The lowest BCUT2D eigenvalue weighted by atomic mass is 10.3. The summed E-state index contributed by atoms with van der Waals surface area (Å²) in [5.74, 6) is 0.858. The van der Waals surface area contributed by atoms with E-state index in [1.165, 1.54) is 17.6 Å².